The normalized spacial score (nSPS) is 13.0. The number of hydrogen-bond acceptors (Lipinski definition) is 3. The van der Waals surface area contributed by atoms with Gasteiger partial charge in [0.05, 0.1) is 11.6 Å². The number of rotatable bonds is 5. The summed E-state index contributed by atoms with van der Waals surface area (Å²) in [6.07, 6.45) is -1.09. The predicted octanol–water partition coefficient (Wildman–Crippen LogP) is 4.37. The van der Waals surface area contributed by atoms with Gasteiger partial charge in [-0.05, 0) is 42.3 Å². The average molecular weight is 336 g/mol. The van der Waals surface area contributed by atoms with Crippen molar-refractivity contribution in [3.05, 3.63) is 65.4 Å². The molecule has 0 amide bonds. The lowest BCUT2D eigenvalue weighted by Gasteiger charge is -2.20. The molecule has 1 heterocycles. The molecule has 2 rings (SSSR count). The standard InChI is InChI=1S/C17H15F3N2O2/c1-11(22-15-4-2-3-9-21-15)13-7-5-12(6-8-16(23)24)10-14(13)17(18,19)20/h2-11H,1H3,(H,21,22)(H,23,24). The zero-order chi connectivity index (χ0) is 17.7. The Bertz CT molecular complexity index is 743. The van der Waals surface area contributed by atoms with E-state index in [0.717, 1.165) is 18.2 Å². The number of nitrogens with zero attached hydrogens (tertiary/aromatic N) is 1. The molecule has 0 spiro atoms. The number of anilines is 1. The van der Waals surface area contributed by atoms with Gasteiger partial charge in [-0.15, -0.1) is 0 Å². The number of halogens is 3. The molecule has 1 unspecified atom stereocenters. The van der Waals surface area contributed by atoms with Gasteiger partial charge in [0.2, 0.25) is 0 Å². The molecule has 1 atom stereocenters. The lowest BCUT2D eigenvalue weighted by molar-refractivity contribution is -0.138. The molecule has 2 N–H and O–H groups in total. The Morgan fingerprint density at radius 1 is 1.29 bits per heavy atom. The first kappa shape index (κ1) is 17.5. The number of aliphatic carboxylic acids is 1. The second-order valence-corrected chi connectivity index (χ2v) is 5.10. The summed E-state index contributed by atoms with van der Waals surface area (Å²) in [7, 11) is 0. The summed E-state index contributed by atoms with van der Waals surface area (Å²) in [6.45, 7) is 1.60. The fourth-order valence-corrected chi connectivity index (χ4v) is 2.22. The van der Waals surface area contributed by atoms with Gasteiger partial charge in [-0.1, -0.05) is 18.2 Å². The lowest BCUT2D eigenvalue weighted by atomic mass is 9.98. The van der Waals surface area contributed by atoms with Crippen molar-refractivity contribution in [1.82, 2.24) is 4.98 Å². The van der Waals surface area contributed by atoms with Gasteiger partial charge in [-0.3, -0.25) is 0 Å². The first-order valence-electron chi connectivity index (χ1n) is 7.07. The summed E-state index contributed by atoms with van der Waals surface area (Å²) < 4.78 is 40.0. The van der Waals surface area contributed by atoms with Gasteiger partial charge in [0, 0.05) is 12.3 Å². The third kappa shape index (κ3) is 4.58. The Balaban J connectivity index is 2.36. The van der Waals surface area contributed by atoms with Crippen LogP contribution in [0.3, 0.4) is 0 Å². The van der Waals surface area contributed by atoms with Gasteiger partial charge in [0.25, 0.3) is 0 Å². The highest BCUT2D eigenvalue weighted by Gasteiger charge is 2.34. The lowest BCUT2D eigenvalue weighted by Crippen LogP contribution is -2.16. The van der Waals surface area contributed by atoms with E-state index in [4.69, 9.17) is 5.11 Å². The van der Waals surface area contributed by atoms with Gasteiger partial charge in [0.1, 0.15) is 5.82 Å². The molecule has 24 heavy (non-hydrogen) atoms. The molecule has 0 aliphatic heterocycles. The first-order valence-corrected chi connectivity index (χ1v) is 7.07. The molecular weight excluding hydrogens is 321 g/mol. The van der Waals surface area contributed by atoms with Crippen LogP contribution in [0.5, 0.6) is 0 Å². The minimum absolute atomic E-state index is 0.0561. The highest BCUT2D eigenvalue weighted by molar-refractivity contribution is 5.85. The second kappa shape index (κ2) is 7.16. The monoisotopic (exact) mass is 336 g/mol. The van der Waals surface area contributed by atoms with E-state index in [-0.39, 0.29) is 11.1 Å². The van der Waals surface area contributed by atoms with Crippen LogP contribution >= 0.6 is 0 Å². The number of alkyl halides is 3. The molecule has 4 nitrogen and oxygen atoms in total. The SMILES string of the molecule is CC(Nc1ccccn1)c1ccc(C=CC(=O)O)cc1C(F)(F)F. The van der Waals surface area contributed by atoms with Crippen LogP contribution in [-0.2, 0) is 11.0 Å². The molecule has 126 valence electrons. The van der Waals surface area contributed by atoms with Gasteiger partial charge in [-0.25, -0.2) is 9.78 Å². The van der Waals surface area contributed by atoms with Crippen molar-refractivity contribution in [1.29, 1.82) is 0 Å². The number of pyridine rings is 1. The molecule has 1 aromatic heterocycles. The first-order chi connectivity index (χ1) is 11.3. The minimum Gasteiger partial charge on any atom is -0.478 e. The summed E-state index contributed by atoms with van der Waals surface area (Å²) in [5.74, 6) is -0.759. The summed E-state index contributed by atoms with van der Waals surface area (Å²) >= 11 is 0. The van der Waals surface area contributed by atoms with Crippen LogP contribution in [0.25, 0.3) is 6.08 Å². The van der Waals surface area contributed by atoms with E-state index in [1.807, 2.05) is 0 Å². The fraction of sp³-hybridized carbons (Fsp3) is 0.176. The van der Waals surface area contributed by atoms with E-state index >= 15 is 0 Å². The second-order valence-electron chi connectivity index (χ2n) is 5.10. The number of carbonyl (C=O) groups is 1. The van der Waals surface area contributed by atoms with Crippen molar-refractivity contribution in [2.24, 2.45) is 0 Å². The van der Waals surface area contributed by atoms with E-state index in [1.165, 1.54) is 12.1 Å². The van der Waals surface area contributed by atoms with Crippen molar-refractivity contribution in [2.75, 3.05) is 5.32 Å². The maximum absolute atomic E-state index is 13.3. The van der Waals surface area contributed by atoms with E-state index < -0.39 is 23.8 Å². The van der Waals surface area contributed by atoms with Crippen LogP contribution in [-0.4, -0.2) is 16.1 Å². The van der Waals surface area contributed by atoms with E-state index in [1.54, 1.807) is 31.3 Å². The Kier molecular flexibility index (Phi) is 5.23. The Hall–Kier alpha value is -2.83. The van der Waals surface area contributed by atoms with Crippen LogP contribution in [0.2, 0.25) is 0 Å². The maximum Gasteiger partial charge on any atom is 0.416 e. The number of nitrogens with one attached hydrogen (secondary N) is 1. The molecule has 1 aromatic carbocycles. The molecule has 0 aliphatic rings. The van der Waals surface area contributed by atoms with Gasteiger partial charge < -0.3 is 10.4 Å². The topological polar surface area (TPSA) is 62.2 Å². The largest absolute Gasteiger partial charge is 0.478 e. The third-order valence-corrected chi connectivity index (χ3v) is 3.30. The molecule has 2 aromatic rings. The molecule has 0 radical (unpaired) electrons. The minimum atomic E-state index is -4.55. The quantitative estimate of drug-likeness (QED) is 0.796. The maximum atomic E-state index is 13.3. The fourth-order valence-electron chi connectivity index (χ4n) is 2.22. The highest BCUT2D eigenvalue weighted by Crippen LogP contribution is 2.36. The number of carboxylic acids is 1. The molecule has 0 saturated heterocycles. The number of hydrogen-bond donors (Lipinski definition) is 2. The van der Waals surface area contributed by atoms with Crippen molar-refractivity contribution < 1.29 is 23.1 Å². The van der Waals surface area contributed by atoms with Crippen LogP contribution in [0.1, 0.15) is 29.7 Å². The molecule has 7 heteroatoms. The average Bonchev–Trinajstić information content (AvgIpc) is 2.52. The number of carboxylic acid groups (broad SMARTS) is 1. The van der Waals surface area contributed by atoms with Gasteiger partial charge >= 0.3 is 12.1 Å². The summed E-state index contributed by atoms with van der Waals surface area (Å²) in [5.41, 5.74) is -0.592. The Morgan fingerprint density at radius 3 is 2.62 bits per heavy atom. The Morgan fingerprint density at radius 2 is 2.04 bits per heavy atom. The van der Waals surface area contributed by atoms with E-state index in [2.05, 4.69) is 10.3 Å². The van der Waals surface area contributed by atoms with Crippen LogP contribution < -0.4 is 5.32 Å². The van der Waals surface area contributed by atoms with Crippen LogP contribution in [0.15, 0.2) is 48.7 Å². The zero-order valence-electron chi connectivity index (χ0n) is 12.7. The molecule has 0 saturated carbocycles. The molecule has 0 bridgehead atoms. The van der Waals surface area contributed by atoms with Gasteiger partial charge in [-0.2, -0.15) is 13.2 Å². The van der Waals surface area contributed by atoms with E-state index in [0.29, 0.717) is 5.82 Å². The van der Waals surface area contributed by atoms with Crippen LogP contribution in [0.4, 0.5) is 19.0 Å². The zero-order valence-corrected chi connectivity index (χ0v) is 12.7. The van der Waals surface area contributed by atoms with Crippen LogP contribution in [0, 0.1) is 0 Å². The van der Waals surface area contributed by atoms with Crippen molar-refractivity contribution in [2.45, 2.75) is 19.1 Å². The number of aromatic nitrogens is 1. The summed E-state index contributed by atoms with van der Waals surface area (Å²) in [4.78, 5) is 14.5. The van der Waals surface area contributed by atoms with Crippen molar-refractivity contribution in [3.8, 4) is 0 Å². The number of benzene rings is 1. The molecular formula is C17H15F3N2O2. The summed E-state index contributed by atoms with van der Waals surface area (Å²) in [5, 5.41) is 11.5. The van der Waals surface area contributed by atoms with Crippen molar-refractivity contribution >= 4 is 17.9 Å². The molecule has 0 fully saturated rings. The molecule has 0 aliphatic carbocycles. The van der Waals surface area contributed by atoms with E-state index in [9.17, 15) is 18.0 Å². The smallest absolute Gasteiger partial charge is 0.416 e. The predicted molar refractivity (Wildman–Crippen MR) is 84.4 cm³/mol. The van der Waals surface area contributed by atoms with Gasteiger partial charge in [0.15, 0.2) is 0 Å². The highest BCUT2D eigenvalue weighted by atomic mass is 19.4. The third-order valence-electron chi connectivity index (χ3n) is 3.30. The summed E-state index contributed by atoms with van der Waals surface area (Å²) in [6, 6.07) is 8.19. The Labute approximate surface area is 136 Å². The van der Waals surface area contributed by atoms with Crippen molar-refractivity contribution in [3.63, 3.8) is 0 Å².